The fourth-order valence-electron chi connectivity index (χ4n) is 1.25. The zero-order chi connectivity index (χ0) is 9.97. The van der Waals surface area contributed by atoms with Crippen LogP contribution in [0.15, 0.2) is 24.3 Å². The molecule has 0 bridgehead atoms. The smallest absolute Gasteiger partial charge is 0.210 e. The highest BCUT2D eigenvalue weighted by Crippen LogP contribution is 2.08. The molecule has 0 amide bonds. The Bertz CT molecular complexity index is 468. The zero-order valence-corrected chi connectivity index (χ0v) is 8.58. The number of rotatable bonds is 2. The molecule has 0 fully saturated rings. The van der Waals surface area contributed by atoms with Crippen molar-refractivity contribution >= 4 is 12.2 Å². The molecule has 2 aromatic rings. The van der Waals surface area contributed by atoms with Crippen molar-refractivity contribution in [1.29, 1.82) is 0 Å². The Balaban J connectivity index is 2.44. The Morgan fingerprint density at radius 3 is 2.57 bits per heavy atom. The monoisotopic (exact) mass is 206 g/mol. The number of nitrogens with one attached hydrogen (secondary N) is 1. The van der Waals surface area contributed by atoms with E-state index in [2.05, 4.69) is 34.6 Å². The molecule has 5 heteroatoms. The van der Waals surface area contributed by atoms with Gasteiger partial charge in [0.15, 0.2) is 0 Å². The Labute approximate surface area is 86.6 Å². The zero-order valence-electron chi connectivity index (χ0n) is 7.77. The van der Waals surface area contributed by atoms with Gasteiger partial charge in [-0.1, -0.05) is 29.4 Å². The quantitative estimate of drug-likeness (QED) is 0.763. The predicted molar refractivity (Wildman–Crippen MR) is 55.9 cm³/mol. The average molecular weight is 206 g/mol. The summed E-state index contributed by atoms with van der Waals surface area (Å²) >= 11 is 4.99. The second kappa shape index (κ2) is 3.71. The molecule has 1 aromatic carbocycles. The summed E-state index contributed by atoms with van der Waals surface area (Å²) in [7, 11) is 0. The standard InChI is InChI=1S/C9H10N4S/c1-2-7-3-5-8(6-4-7)13-9(14)10-11-12-13/h3-6H,2H2,1H3,(H,10,12,14). The van der Waals surface area contributed by atoms with E-state index >= 15 is 0 Å². The Kier molecular flexibility index (Phi) is 2.41. The van der Waals surface area contributed by atoms with E-state index in [4.69, 9.17) is 12.2 Å². The van der Waals surface area contributed by atoms with Crippen molar-refractivity contribution in [1.82, 2.24) is 20.2 Å². The molecule has 0 saturated carbocycles. The van der Waals surface area contributed by atoms with Crippen molar-refractivity contribution in [2.75, 3.05) is 0 Å². The van der Waals surface area contributed by atoms with Crippen molar-refractivity contribution in [2.45, 2.75) is 13.3 Å². The number of nitrogens with zero attached hydrogens (tertiary/aromatic N) is 3. The Hall–Kier alpha value is -1.49. The molecule has 0 radical (unpaired) electrons. The highest BCUT2D eigenvalue weighted by Gasteiger charge is 1.98. The van der Waals surface area contributed by atoms with Gasteiger partial charge in [0.1, 0.15) is 0 Å². The SMILES string of the molecule is CCc1ccc(-n2[nH]nnc2=S)cc1. The van der Waals surface area contributed by atoms with Gasteiger partial charge in [0, 0.05) is 0 Å². The van der Waals surface area contributed by atoms with Gasteiger partial charge in [0.25, 0.3) is 0 Å². The molecule has 0 spiro atoms. The molecular weight excluding hydrogens is 196 g/mol. The third-order valence-corrected chi connectivity index (χ3v) is 2.34. The van der Waals surface area contributed by atoms with Crippen LogP contribution in [0.25, 0.3) is 5.69 Å². The minimum absolute atomic E-state index is 0.439. The van der Waals surface area contributed by atoms with Crippen LogP contribution in [-0.2, 0) is 6.42 Å². The normalized spacial score (nSPS) is 10.4. The number of aromatic nitrogens is 4. The molecular formula is C9H10N4S. The summed E-state index contributed by atoms with van der Waals surface area (Å²) < 4.78 is 2.10. The van der Waals surface area contributed by atoms with Gasteiger partial charge in [0.05, 0.1) is 5.69 Å². The first-order chi connectivity index (χ1) is 6.81. The molecule has 0 saturated heterocycles. The van der Waals surface area contributed by atoms with E-state index in [-0.39, 0.29) is 0 Å². The third kappa shape index (κ3) is 1.58. The maximum absolute atomic E-state index is 4.99. The van der Waals surface area contributed by atoms with Crippen LogP contribution in [0.3, 0.4) is 0 Å². The topological polar surface area (TPSA) is 46.5 Å². The number of hydrogen-bond donors (Lipinski definition) is 1. The molecule has 0 aliphatic carbocycles. The molecule has 4 nitrogen and oxygen atoms in total. The summed E-state index contributed by atoms with van der Waals surface area (Å²) in [4.78, 5) is 0. The van der Waals surface area contributed by atoms with E-state index in [1.165, 1.54) is 5.56 Å². The molecule has 1 N–H and O–H groups in total. The first-order valence-electron chi connectivity index (χ1n) is 4.40. The number of aryl methyl sites for hydroxylation is 1. The van der Waals surface area contributed by atoms with Crippen molar-refractivity contribution in [3.8, 4) is 5.69 Å². The Morgan fingerprint density at radius 2 is 2.07 bits per heavy atom. The van der Waals surface area contributed by atoms with Crippen LogP contribution in [0.4, 0.5) is 0 Å². The van der Waals surface area contributed by atoms with Crippen LogP contribution >= 0.6 is 12.2 Å². The van der Waals surface area contributed by atoms with Crippen LogP contribution in [0, 0.1) is 4.77 Å². The van der Waals surface area contributed by atoms with E-state index in [0.717, 1.165) is 12.1 Å². The molecule has 2 rings (SSSR count). The summed E-state index contributed by atoms with van der Waals surface area (Å²) in [6.45, 7) is 2.12. The van der Waals surface area contributed by atoms with E-state index in [1.807, 2.05) is 12.1 Å². The largest absolute Gasteiger partial charge is 0.242 e. The van der Waals surface area contributed by atoms with Crippen molar-refractivity contribution in [3.63, 3.8) is 0 Å². The van der Waals surface area contributed by atoms with Crippen molar-refractivity contribution in [3.05, 3.63) is 34.6 Å². The molecule has 0 atom stereocenters. The lowest BCUT2D eigenvalue weighted by Gasteiger charge is -2.01. The number of hydrogen-bond acceptors (Lipinski definition) is 3. The predicted octanol–water partition coefficient (Wildman–Crippen LogP) is 1.89. The lowest BCUT2D eigenvalue weighted by Crippen LogP contribution is -1.96. The first kappa shape index (κ1) is 9.08. The van der Waals surface area contributed by atoms with Gasteiger partial charge in [0.2, 0.25) is 4.77 Å². The van der Waals surface area contributed by atoms with Crippen LogP contribution < -0.4 is 0 Å². The maximum Gasteiger partial charge on any atom is 0.242 e. The number of tetrazole rings is 1. The third-order valence-electron chi connectivity index (χ3n) is 2.07. The van der Waals surface area contributed by atoms with Crippen molar-refractivity contribution < 1.29 is 0 Å². The highest BCUT2D eigenvalue weighted by atomic mass is 32.1. The molecule has 14 heavy (non-hydrogen) atoms. The molecule has 1 heterocycles. The van der Waals surface area contributed by atoms with Gasteiger partial charge in [-0.05, 0) is 36.3 Å². The van der Waals surface area contributed by atoms with Gasteiger partial charge < -0.3 is 0 Å². The summed E-state index contributed by atoms with van der Waals surface area (Å²) in [6, 6.07) is 8.12. The van der Waals surface area contributed by atoms with Gasteiger partial charge >= 0.3 is 0 Å². The number of H-pyrrole nitrogens is 1. The second-order valence-electron chi connectivity index (χ2n) is 2.94. The summed E-state index contributed by atoms with van der Waals surface area (Å²) in [5.74, 6) is 0. The Morgan fingerprint density at radius 1 is 1.36 bits per heavy atom. The maximum atomic E-state index is 4.99. The molecule has 0 aliphatic rings. The lowest BCUT2D eigenvalue weighted by molar-refractivity contribution is 0.785. The second-order valence-corrected chi connectivity index (χ2v) is 3.30. The van der Waals surface area contributed by atoms with Gasteiger partial charge in [-0.25, -0.2) is 4.68 Å². The van der Waals surface area contributed by atoms with Crippen LogP contribution in [0.1, 0.15) is 12.5 Å². The fraction of sp³-hybridized carbons (Fsp3) is 0.222. The highest BCUT2D eigenvalue weighted by molar-refractivity contribution is 7.71. The fourth-order valence-corrected chi connectivity index (χ4v) is 1.43. The van der Waals surface area contributed by atoms with Crippen LogP contribution in [0.5, 0.6) is 0 Å². The van der Waals surface area contributed by atoms with E-state index in [9.17, 15) is 0 Å². The summed E-state index contributed by atoms with van der Waals surface area (Å²) in [6.07, 6.45) is 1.03. The summed E-state index contributed by atoms with van der Waals surface area (Å²) in [5.41, 5.74) is 2.25. The van der Waals surface area contributed by atoms with Crippen molar-refractivity contribution in [2.24, 2.45) is 0 Å². The molecule has 1 aromatic heterocycles. The van der Waals surface area contributed by atoms with Gasteiger partial charge in [-0.15, -0.1) is 0 Å². The van der Waals surface area contributed by atoms with Gasteiger partial charge in [-0.2, -0.15) is 5.21 Å². The van der Waals surface area contributed by atoms with E-state index in [0.29, 0.717) is 4.77 Å². The first-order valence-corrected chi connectivity index (χ1v) is 4.81. The van der Waals surface area contributed by atoms with Gasteiger partial charge in [-0.3, -0.25) is 0 Å². The molecule has 0 aliphatic heterocycles. The lowest BCUT2D eigenvalue weighted by atomic mass is 10.1. The van der Waals surface area contributed by atoms with Crippen LogP contribution in [0.2, 0.25) is 0 Å². The molecule has 0 unspecified atom stereocenters. The number of aromatic amines is 1. The van der Waals surface area contributed by atoms with E-state index < -0.39 is 0 Å². The minimum atomic E-state index is 0.439. The molecule has 72 valence electrons. The van der Waals surface area contributed by atoms with E-state index in [1.54, 1.807) is 4.68 Å². The summed E-state index contributed by atoms with van der Waals surface area (Å²) in [5, 5.41) is 10.0. The average Bonchev–Trinajstić information content (AvgIpc) is 2.65. The number of benzene rings is 1. The van der Waals surface area contributed by atoms with Crippen LogP contribution in [-0.4, -0.2) is 20.2 Å². The minimum Gasteiger partial charge on any atom is -0.210 e.